The highest BCUT2D eigenvalue weighted by molar-refractivity contribution is 7.89. The molecular formula is C22H25N3O4S. The largest absolute Gasteiger partial charge is 0.495 e. The van der Waals surface area contributed by atoms with Crippen molar-refractivity contribution in [1.82, 2.24) is 14.4 Å². The minimum Gasteiger partial charge on any atom is -0.495 e. The average molecular weight is 428 g/mol. The van der Waals surface area contributed by atoms with Gasteiger partial charge in [-0.05, 0) is 43.4 Å². The molecule has 0 spiro atoms. The summed E-state index contributed by atoms with van der Waals surface area (Å²) in [5, 5.41) is 4.12. The monoisotopic (exact) mass is 427 g/mol. The Morgan fingerprint density at radius 3 is 2.73 bits per heavy atom. The summed E-state index contributed by atoms with van der Waals surface area (Å²) in [5.74, 6) is 1.58. The normalized spacial score (nSPS) is 17.7. The van der Waals surface area contributed by atoms with Crippen molar-refractivity contribution in [2.75, 3.05) is 20.2 Å². The maximum atomic E-state index is 13.2. The molecule has 0 radical (unpaired) electrons. The topological polar surface area (TPSA) is 85.5 Å². The summed E-state index contributed by atoms with van der Waals surface area (Å²) in [4.78, 5) is 4.74. The second-order valence-corrected chi connectivity index (χ2v) is 9.46. The number of nitrogens with zero attached hydrogens (tertiary/aromatic N) is 3. The van der Waals surface area contributed by atoms with E-state index < -0.39 is 10.0 Å². The Morgan fingerprint density at radius 1 is 1.17 bits per heavy atom. The van der Waals surface area contributed by atoms with Crippen LogP contribution in [-0.2, 0) is 16.4 Å². The molecule has 1 saturated heterocycles. The lowest BCUT2D eigenvalue weighted by atomic mass is 9.96. The smallest absolute Gasteiger partial charge is 0.246 e. The fourth-order valence-electron chi connectivity index (χ4n) is 3.90. The van der Waals surface area contributed by atoms with E-state index >= 15 is 0 Å². The maximum absolute atomic E-state index is 13.2. The number of hydrogen-bond acceptors (Lipinski definition) is 6. The summed E-state index contributed by atoms with van der Waals surface area (Å²) in [6.45, 7) is 2.92. The third-order valence-electron chi connectivity index (χ3n) is 5.49. The summed E-state index contributed by atoms with van der Waals surface area (Å²) in [6, 6.07) is 14.6. The van der Waals surface area contributed by atoms with Crippen LogP contribution in [0, 0.1) is 12.8 Å². The van der Waals surface area contributed by atoms with E-state index in [9.17, 15) is 8.42 Å². The maximum Gasteiger partial charge on any atom is 0.246 e. The Kier molecular flexibility index (Phi) is 5.87. The molecule has 4 rings (SSSR count). The summed E-state index contributed by atoms with van der Waals surface area (Å²) in [6.07, 6.45) is 2.26. The summed E-state index contributed by atoms with van der Waals surface area (Å²) in [7, 11) is -2.15. The van der Waals surface area contributed by atoms with Crippen LogP contribution in [0.4, 0.5) is 0 Å². The number of methoxy groups -OCH3 is 1. The molecule has 1 aliphatic rings. The Hall–Kier alpha value is -2.71. The molecule has 0 saturated carbocycles. The standard InChI is InChI=1S/C22H25N3O4S/c1-16-8-3-4-10-18(16)22-23-21(29-24-22)14-17-9-7-13-25(15-17)30(26,27)20-12-6-5-11-19(20)28-2/h3-6,8,10-12,17H,7,9,13-15H2,1-2H3. The van der Waals surface area contributed by atoms with Gasteiger partial charge in [-0.3, -0.25) is 0 Å². The number of sulfonamides is 1. The van der Waals surface area contributed by atoms with E-state index in [1.54, 1.807) is 24.3 Å². The molecule has 158 valence electrons. The van der Waals surface area contributed by atoms with Crippen LogP contribution in [0.2, 0.25) is 0 Å². The van der Waals surface area contributed by atoms with Crippen LogP contribution in [0.15, 0.2) is 57.9 Å². The zero-order chi connectivity index (χ0) is 21.1. The molecule has 0 amide bonds. The van der Waals surface area contributed by atoms with Gasteiger partial charge in [0, 0.05) is 25.1 Å². The second-order valence-electron chi connectivity index (χ2n) is 7.55. The van der Waals surface area contributed by atoms with Gasteiger partial charge in [-0.25, -0.2) is 8.42 Å². The fourth-order valence-corrected chi connectivity index (χ4v) is 5.61. The predicted octanol–water partition coefficient (Wildman–Crippen LogP) is 3.70. The minimum atomic E-state index is -3.63. The lowest BCUT2D eigenvalue weighted by Gasteiger charge is -2.31. The van der Waals surface area contributed by atoms with Gasteiger partial charge in [0.2, 0.25) is 21.7 Å². The molecule has 0 bridgehead atoms. The molecule has 8 heteroatoms. The van der Waals surface area contributed by atoms with E-state index in [4.69, 9.17) is 9.26 Å². The molecule has 0 N–H and O–H groups in total. The molecule has 1 atom stereocenters. The Morgan fingerprint density at radius 2 is 1.93 bits per heavy atom. The van der Waals surface area contributed by atoms with Crippen molar-refractivity contribution in [2.45, 2.75) is 31.1 Å². The highest BCUT2D eigenvalue weighted by Crippen LogP contribution is 2.30. The second kappa shape index (κ2) is 8.57. The third kappa shape index (κ3) is 4.11. The minimum absolute atomic E-state index is 0.119. The quantitative estimate of drug-likeness (QED) is 0.596. The van der Waals surface area contributed by atoms with Crippen LogP contribution < -0.4 is 4.74 Å². The first-order valence-electron chi connectivity index (χ1n) is 10.0. The average Bonchev–Trinajstić information content (AvgIpc) is 3.22. The number of piperidine rings is 1. The Balaban J connectivity index is 1.49. The van der Waals surface area contributed by atoms with E-state index in [0.29, 0.717) is 37.0 Å². The zero-order valence-corrected chi connectivity index (χ0v) is 17.9. The summed E-state index contributed by atoms with van der Waals surface area (Å²) < 4.78 is 38.6. The molecule has 2 aromatic carbocycles. The van der Waals surface area contributed by atoms with Crippen molar-refractivity contribution in [2.24, 2.45) is 5.92 Å². The fraction of sp³-hybridized carbons (Fsp3) is 0.364. The van der Waals surface area contributed by atoms with E-state index in [2.05, 4.69) is 10.1 Å². The van der Waals surface area contributed by atoms with Crippen molar-refractivity contribution >= 4 is 10.0 Å². The van der Waals surface area contributed by atoms with Crippen molar-refractivity contribution in [3.05, 3.63) is 60.0 Å². The first-order chi connectivity index (χ1) is 14.5. The Labute approximate surface area is 176 Å². The molecule has 1 fully saturated rings. The van der Waals surface area contributed by atoms with E-state index in [-0.39, 0.29) is 10.8 Å². The SMILES string of the molecule is COc1ccccc1S(=O)(=O)N1CCCC(Cc2nc(-c3ccccc3C)no2)C1. The predicted molar refractivity (Wildman–Crippen MR) is 113 cm³/mol. The van der Waals surface area contributed by atoms with Gasteiger partial charge in [0.15, 0.2) is 0 Å². The molecule has 1 aliphatic heterocycles. The third-order valence-corrected chi connectivity index (χ3v) is 7.39. The van der Waals surface area contributed by atoms with Crippen molar-refractivity contribution in [3.63, 3.8) is 0 Å². The lowest BCUT2D eigenvalue weighted by Crippen LogP contribution is -2.40. The van der Waals surface area contributed by atoms with Gasteiger partial charge in [-0.2, -0.15) is 9.29 Å². The highest BCUT2D eigenvalue weighted by atomic mass is 32.2. The van der Waals surface area contributed by atoms with Gasteiger partial charge in [0.1, 0.15) is 10.6 Å². The van der Waals surface area contributed by atoms with Gasteiger partial charge in [-0.1, -0.05) is 41.6 Å². The van der Waals surface area contributed by atoms with Crippen LogP contribution >= 0.6 is 0 Å². The van der Waals surface area contributed by atoms with Crippen LogP contribution in [-0.4, -0.2) is 43.1 Å². The number of aromatic nitrogens is 2. The van der Waals surface area contributed by atoms with Gasteiger partial charge in [0.05, 0.1) is 7.11 Å². The summed E-state index contributed by atoms with van der Waals surface area (Å²) >= 11 is 0. The lowest BCUT2D eigenvalue weighted by molar-refractivity contribution is 0.246. The van der Waals surface area contributed by atoms with Crippen LogP contribution in [0.25, 0.3) is 11.4 Å². The molecule has 7 nitrogen and oxygen atoms in total. The number of rotatable bonds is 6. The molecule has 1 aromatic heterocycles. The first kappa shape index (κ1) is 20.6. The van der Waals surface area contributed by atoms with Gasteiger partial charge < -0.3 is 9.26 Å². The molecule has 0 aliphatic carbocycles. The molecule has 3 aromatic rings. The molecule has 2 heterocycles. The van der Waals surface area contributed by atoms with Crippen LogP contribution in [0.1, 0.15) is 24.3 Å². The van der Waals surface area contributed by atoms with E-state index in [1.165, 1.54) is 11.4 Å². The van der Waals surface area contributed by atoms with Crippen molar-refractivity contribution in [3.8, 4) is 17.1 Å². The molecular weight excluding hydrogens is 402 g/mol. The van der Waals surface area contributed by atoms with Crippen LogP contribution in [0.3, 0.4) is 0 Å². The molecule has 1 unspecified atom stereocenters. The van der Waals surface area contributed by atoms with Crippen molar-refractivity contribution in [1.29, 1.82) is 0 Å². The number of hydrogen-bond donors (Lipinski definition) is 0. The summed E-state index contributed by atoms with van der Waals surface area (Å²) in [5.41, 5.74) is 2.02. The van der Waals surface area contributed by atoms with Crippen molar-refractivity contribution < 1.29 is 17.7 Å². The van der Waals surface area contributed by atoms with Gasteiger partial charge in [0.25, 0.3) is 0 Å². The highest BCUT2D eigenvalue weighted by Gasteiger charge is 2.32. The van der Waals surface area contributed by atoms with E-state index in [1.807, 2.05) is 31.2 Å². The Bertz CT molecular complexity index is 1130. The van der Waals surface area contributed by atoms with Gasteiger partial charge in [-0.15, -0.1) is 0 Å². The number of aryl methyl sites for hydroxylation is 1. The number of ether oxygens (including phenoxy) is 1. The number of benzene rings is 2. The first-order valence-corrected chi connectivity index (χ1v) is 11.4. The van der Waals surface area contributed by atoms with E-state index in [0.717, 1.165) is 24.0 Å². The van der Waals surface area contributed by atoms with Gasteiger partial charge >= 0.3 is 0 Å². The van der Waals surface area contributed by atoms with Crippen LogP contribution in [0.5, 0.6) is 5.75 Å². The number of para-hydroxylation sites is 1. The zero-order valence-electron chi connectivity index (χ0n) is 17.1. The molecule has 30 heavy (non-hydrogen) atoms.